The Bertz CT molecular complexity index is 1350. The number of β-lactam (4-membered cyclic amide) rings is 1. The maximum absolute atomic E-state index is 13.0. The standard InChI is InChI=1S/C19H19N9O6S2/c1-34-24-11(14-23-19(20)36-25-14)15(30)22-12-16(31)28-13(18(32)33)8(7-35-17(12)28)6-26-4-2-9-21-10(29)3-5-27(9)26/h2,4,12,17H,3,5-7H2,1H3,(H4,20,22,23,25,30,32,33)/t12-,17-/m1/s1. The van der Waals surface area contributed by atoms with Crippen LogP contribution >= 0.6 is 23.3 Å². The van der Waals surface area contributed by atoms with Crippen molar-refractivity contribution in [2.24, 2.45) is 5.16 Å². The van der Waals surface area contributed by atoms with E-state index in [1.165, 1.54) is 18.9 Å². The number of rotatable bonds is 7. The first-order valence-electron chi connectivity index (χ1n) is 10.6. The van der Waals surface area contributed by atoms with Crippen LogP contribution in [0.5, 0.6) is 0 Å². The van der Waals surface area contributed by atoms with E-state index >= 15 is 0 Å². The fourth-order valence-corrected chi connectivity index (χ4v) is 5.94. The Balaban J connectivity index is 1.35. The summed E-state index contributed by atoms with van der Waals surface area (Å²) in [4.78, 5) is 59.2. The molecule has 2 aromatic rings. The highest BCUT2D eigenvalue weighted by atomic mass is 32.2. The Morgan fingerprint density at radius 1 is 1.44 bits per heavy atom. The van der Waals surface area contributed by atoms with E-state index in [1.54, 1.807) is 16.9 Å². The number of anilines is 2. The summed E-state index contributed by atoms with van der Waals surface area (Å²) < 4.78 is 7.54. The second kappa shape index (κ2) is 9.23. The van der Waals surface area contributed by atoms with Crippen molar-refractivity contribution in [2.45, 2.75) is 30.9 Å². The number of hydrogen-bond acceptors (Lipinski definition) is 12. The molecule has 0 aliphatic carbocycles. The second-order valence-corrected chi connectivity index (χ2v) is 9.79. The number of nitrogens with one attached hydrogen (secondary N) is 2. The van der Waals surface area contributed by atoms with Crippen molar-refractivity contribution in [3.05, 3.63) is 29.4 Å². The van der Waals surface area contributed by atoms with Crippen molar-refractivity contribution < 1.29 is 33.8 Å². The SMILES string of the molecule is CON=C(C(=O)N[C@@H]1C(=O)N2C(C(=O)[O-])=C(C[n+]3ccc4n3CCC(=O)N4)CS[C@H]12)c1nsc(N)n1. The molecule has 2 atom stereocenters. The Morgan fingerprint density at radius 2 is 2.25 bits per heavy atom. The third-order valence-electron chi connectivity index (χ3n) is 5.74. The highest BCUT2D eigenvalue weighted by Gasteiger charge is 2.53. The monoisotopic (exact) mass is 533 g/mol. The van der Waals surface area contributed by atoms with Crippen molar-refractivity contribution in [3.8, 4) is 0 Å². The van der Waals surface area contributed by atoms with Gasteiger partial charge in [0.25, 0.3) is 11.8 Å². The number of oxime groups is 1. The molecule has 36 heavy (non-hydrogen) atoms. The topological polar surface area (TPSA) is 201 Å². The van der Waals surface area contributed by atoms with Crippen LogP contribution in [0.25, 0.3) is 0 Å². The van der Waals surface area contributed by atoms with Crippen LogP contribution < -0.4 is 26.2 Å². The van der Waals surface area contributed by atoms with Gasteiger partial charge in [-0.3, -0.25) is 19.3 Å². The molecule has 17 heteroatoms. The average Bonchev–Trinajstić information content (AvgIpc) is 3.45. The van der Waals surface area contributed by atoms with E-state index < -0.39 is 29.2 Å². The lowest BCUT2D eigenvalue weighted by molar-refractivity contribution is -0.767. The number of thioether (sulfide) groups is 1. The number of carbonyl (C=O) groups excluding carboxylic acids is 4. The van der Waals surface area contributed by atoms with Crippen LogP contribution in [0, 0.1) is 0 Å². The summed E-state index contributed by atoms with van der Waals surface area (Å²) in [7, 11) is 1.24. The molecule has 4 N–H and O–H groups in total. The number of amides is 3. The number of aromatic nitrogens is 4. The molecule has 1 saturated heterocycles. The lowest BCUT2D eigenvalue weighted by atomic mass is 10.0. The fraction of sp³-hybridized carbons (Fsp3) is 0.368. The highest BCUT2D eigenvalue weighted by molar-refractivity contribution is 8.00. The van der Waals surface area contributed by atoms with Crippen LogP contribution in [0.2, 0.25) is 0 Å². The number of nitrogen functional groups attached to an aromatic ring is 1. The van der Waals surface area contributed by atoms with Gasteiger partial charge in [-0.1, -0.05) is 5.16 Å². The zero-order valence-electron chi connectivity index (χ0n) is 18.7. The summed E-state index contributed by atoms with van der Waals surface area (Å²) >= 11 is 2.17. The number of carboxylic acid groups (broad SMARTS) is 1. The summed E-state index contributed by atoms with van der Waals surface area (Å²) in [6, 6.07) is 0.722. The molecule has 3 amide bonds. The number of hydrogen-bond donors (Lipinski definition) is 3. The lowest BCUT2D eigenvalue weighted by Crippen LogP contribution is -2.71. The number of aliphatic carboxylic acids is 1. The highest BCUT2D eigenvalue weighted by Crippen LogP contribution is 2.40. The summed E-state index contributed by atoms with van der Waals surface area (Å²) in [6.45, 7) is 0.626. The third kappa shape index (κ3) is 4.05. The number of nitrogens with two attached hydrogens (primary N) is 1. The fourth-order valence-electron chi connectivity index (χ4n) is 4.17. The zero-order chi connectivity index (χ0) is 25.6. The molecule has 5 rings (SSSR count). The van der Waals surface area contributed by atoms with E-state index in [2.05, 4.69) is 25.1 Å². The van der Waals surface area contributed by atoms with Gasteiger partial charge >= 0.3 is 0 Å². The van der Waals surface area contributed by atoms with E-state index in [-0.39, 0.29) is 40.6 Å². The normalized spacial score (nSPS) is 21.4. The van der Waals surface area contributed by atoms with Gasteiger partial charge in [0, 0.05) is 22.9 Å². The van der Waals surface area contributed by atoms with Gasteiger partial charge in [0.1, 0.15) is 18.5 Å². The maximum atomic E-state index is 13.0. The van der Waals surface area contributed by atoms with Gasteiger partial charge < -0.3 is 31.1 Å². The quantitative estimate of drug-likeness (QED) is 0.143. The Labute approximate surface area is 211 Å². The van der Waals surface area contributed by atoms with Gasteiger partial charge in [0.05, 0.1) is 30.7 Å². The third-order valence-corrected chi connectivity index (χ3v) is 7.62. The molecule has 3 aliphatic rings. The number of fused-ring (bicyclic) bond motifs is 2. The smallest absolute Gasteiger partial charge is 0.278 e. The summed E-state index contributed by atoms with van der Waals surface area (Å²) in [6.07, 6.45) is 2.03. The van der Waals surface area contributed by atoms with Crippen LogP contribution in [-0.2, 0) is 37.1 Å². The molecule has 15 nitrogen and oxygen atoms in total. The number of carboxylic acids is 1. The van der Waals surface area contributed by atoms with E-state index in [1.807, 2.05) is 4.68 Å². The summed E-state index contributed by atoms with van der Waals surface area (Å²) in [5.41, 5.74) is 5.55. The molecule has 0 unspecified atom stereocenters. The second-order valence-electron chi connectivity index (χ2n) is 7.90. The molecular weight excluding hydrogens is 514 g/mol. The van der Waals surface area contributed by atoms with Gasteiger partial charge in [0.2, 0.25) is 17.4 Å². The summed E-state index contributed by atoms with van der Waals surface area (Å²) in [5.74, 6) is -2.12. The molecule has 188 valence electrons. The van der Waals surface area contributed by atoms with E-state index in [9.17, 15) is 24.3 Å². The number of nitrogens with zero attached hydrogens (tertiary/aromatic N) is 6. The predicted octanol–water partition coefficient (Wildman–Crippen LogP) is -2.99. The van der Waals surface area contributed by atoms with Crippen molar-refractivity contribution >= 4 is 63.6 Å². The van der Waals surface area contributed by atoms with Crippen LogP contribution in [-0.4, -0.2) is 72.6 Å². The molecule has 3 aliphatic heterocycles. The molecule has 0 aromatic carbocycles. The number of carbonyl (C=O) groups is 4. The molecule has 0 bridgehead atoms. The average molecular weight is 534 g/mol. The largest absolute Gasteiger partial charge is 0.543 e. The molecule has 0 radical (unpaired) electrons. The van der Waals surface area contributed by atoms with Crippen LogP contribution in [0.1, 0.15) is 12.2 Å². The molecule has 5 heterocycles. The maximum Gasteiger partial charge on any atom is 0.278 e. The molecular formula is C19H19N9O6S2. The minimum absolute atomic E-state index is 0.0573. The first kappa shape index (κ1) is 23.7. The van der Waals surface area contributed by atoms with Crippen LogP contribution in [0.4, 0.5) is 10.9 Å². The van der Waals surface area contributed by atoms with Gasteiger partial charge in [-0.25, -0.2) is 0 Å². The first-order chi connectivity index (χ1) is 17.3. The minimum atomic E-state index is -1.49. The Kier molecular flexibility index (Phi) is 6.09. The van der Waals surface area contributed by atoms with Crippen molar-refractivity contribution in [3.63, 3.8) is 0 Å². The van der Waals surface area contributed by atoms with Crippen LogP contribution in [0.3, 0.4) is 0 Å². The summed E-state index contributed by atoms with van der Waals surface area (Å²) in [5, 5.41) is 20.5. The van der Waals surface area contributed by atoms with Gasteiger partial charge in [-0.15, -0.1) is 21.1 Å². The van der Waals surface area contributed by atoms with E-state index in [0.29, 0.717) is 24.4 Å². The Morgan fingerprint density at radius 3 is 2.94 bits per heavy atom. The molecule has 1 fully saturated rings. The van der Waals surface area contributed by atoms with Gasteiger partial charge in [0.15, 0.2) is 23.7 Å². The van der Waals surface area contributed by atoms with Crippen molar-refractivity contribution in [1.82, 2.24) is 24.3 Å². The predicted molar refractivity (Wildman–Crippen MR) is 123 cm³/mol. The van der Waals surface area contributed by atoms with E-state index in [0.717, 1.165) is 16.4 Å². The molecule has 0 saturated carbocycles. The Hall–Kier alpha value is -3.99. The zero-order valence-corrected chi connectivity index (χ0v) is 20.3. The van der Waals surface area contributed by atoms with E-state index in [4.69, 9.17) is 10.6 Å². The van der Waals surface area contributed by atoms with Gasteiger partial charge in [-0.2, -0.15) is 9.36 Å². The molecule has 2 aromatic heterocycles. The van der Waals surface area contributed by atoms with Crippen LogP contribution in [0.15, 0.2) is 28.7 Å². The van der Waals surface area contributed by atoms with Gasteiger partial charge in [-0.05, 0) is 0 Å². The minimum Gasteiger partial charge on any atom is -0.543 e. The lowest BCUT2D eigenvalue weighted by Gasteiger charge is -2.50. The first-order valence-corrected chi connectivity index (χ1v) is 12.4. The van der Waals surface area contributed by atoms with Crippen molar-refractivity contribution in [2.75, 3.05) is 23.9 Å². The molecule has 0 spiro atoms. The van der Waals surface area contributed by atoms with Crippen molar-refractivity contribution in [1.29, 1.82) is 0 Å².